The molecular weight excluding hydrogens is 282 g/mol. The number of nitrogens with zero attached hydrogens (tertiary/aromatic N) is 1. The fourth-order valence-electron chi connectivity index (χ4n) is 1.11. The minimum absolute atomic E-state index is 0.276. The Hall–Kier alpha value is -1.14. The summed E-state index contributed by atoms with van der Waals surface area (Å²) in [5.41, 5.74) is 1.86. The van der Waals surface area contributed by atoms with E-state index in [1.54, 1.807) is 17.8 Å². The van der Waals surface area contributed by atoms with Gasteiger partial charge in [-0.1, -0.05) is 0 Å². The van der Waals surface area contributed by atoms with Crippen molar-refractivity contribution in [2.75, 3.05) is 7.11 Å². The van der Waals surface area contributed by atoms with Crippen molar-refractivity contribution in [2.45, 2.75) is 0 Å². The largest absolute Gasteiger partial charge is 0.464 e. The zero-order valence-electron chi connectivity index (χ0n) is 7.69. The molecule has 2 aromatic rings. The van der Waals surface area contributed by atoms with Crippen molar-refractivity contribution in [3.63, 3.8) is 0 Å². The first kappa shape index (κ1) is 10.4. The zero-order chi connectivity index (χ0) is 10.8. The highest BCUT2D eigenvalue weighted by Crippen LogP contribution is 2.34. The molecule has 2 heterocycles. The van der Waals surface area contributed by atoms with Crippen molar-refractivity contribution in [1.29, 1.82) is 0 Å². The molecule has 0 atom stereocenters. The number of rotatable bonds is 2. The Morgan fingerprint density at radius 2 is 2.47 bits per heavy atom. The summed E-state index contributed by atoms with van der Waals surface area (Å²) in [4.78, 5) is 16.0. The van der Waals surface area contributed by atoms with Crippen LogP contribution in [0.4, 0.5) is 0 Å². The summed E-state index contributed by atoms with van der Waals surface area (Å²) in [6.07, 6.45) is 1.54. The number of aromatic nitrogens is 1. The highest BCUT2D eigenvalue weighted by atomic mass is 79.9. The summed E-state index contributed by atoms with van der Waals surface area (Å²) in [6, 6.07) is 1.76. The second-order valence-electron chi connectivity index (χ2n) is 2.62. The first-order valence-electron chi connectivity index (χ1n) is 3.99. The SMILES string of the molecule is COC(=O)c1ncsc1-c1occc1Br. The van der Waals surface area contributed by atoms with Gasteiger partial charge in [0.15, 0.2) is 11.5 Å². The van der Waals surface area contributed by atoms with Gasteiger partial charge in [0.05, 0.1) is 23.4 Å². The van der Waals surface area contributed by atoms with Gasteiger partial charge in [0.2, 0.25) is 0 Å². The molecule has 0 saturated carbocycles. The molecule has 0 unspecified atom stereocenters. The number of carbonyl (C=O) groups excluding carboxylic acids is 1. The lowest BCUT2D eigenvalue weighted by Crippen LogP contribution is -2.02. The van der Waals surface area contributed by atoms with Crippen LogP contribution < -0.4 is 0 Å². The van der Waals surface area contributed by atoms with Crippen molar-refractivity contribution in [1.82, 2.24) is 4.98 Å². The fourth-order valence-corrected chi connectivity index (χ4v) is 2.41. The molecule has 0 aromatic carbocycles. The highest BCUT2D eigenvalue weighted by Gasteiger charge is 2.20. The topological polar surface area (TPSA) is 52.3 Å². The van der Waals surface area contributed by atoms with E-state index >= 15 is 0 Å². The van der Waals surface area contributed by atoms with Crippen LogP contribution in [0.1, 0.15) is 10.5 Å². The van der Waals surface area contributed by atoms with E-state index in [0.717, 1.165) is 4.47 Å². The van der Waals surface area contributed by atoms with Crippen LogP contribution in [0, 0.1) is 0 Å². The van der Waals surface area contributed by atoms with Gasteiger partial charge in [0.1, 0.15) is 4.88 Å². The summed E-state index contributed by atoms with van der Waals surface area (Å²) in [6.45, 7) is 0. The number of hydrogen-bond donors (Lipinski definition) is 0. The summed E-state index contributed by atoms with van der Waals surface area (Å²) >= 11 is 4.66. The molecule has 2 aromatic heterocycles. The van der Waals surface area contributed by atoms with Gasteiger partial charge in [-0.3, -0.25) is 0 Å². The third kappa shape index (κ3) is 1.82. The Kier molecular flexibility index (Phi) is 2.88. The van der Waals surface area contributed by atoms with Crippen LogP contribution in [0.25, 0.3) is 10.6 Å². The van der Waals surface area contributed by atoms with Gasteiger partial charge in [-0.05, 0) is 22.0 Å². The number of carbonyl (C=O) groups is 1. The normalized spacial score (nSPS) is 10.3. The van der Waals surface area contributed by atoms with Crippen LogP contribution in [0.2, 0.25) is 0 Å². The molecule has 0 aliphatic rings. The van der Waals surface area contributed by atoms with E-state index in [0.29, 0.717) is 10.6 Å². The summed E-state index contributed by atoms with van der Waals surface area (Å²) in [7, 11) is 1.32. The van der Waals surface area contributed by atoms with Crippen LogP contribution in [0.5, 0.6) is 0 Å². The van der Waals surface area contributed by atoms with E-state index in [-0.39, 0.29) is 5.69 Å². The van der Waals surface area contributed by atoms with Gasteiger partial charge in [-0.15, -0.1) is 11.3 Å². The maximum absolute atomic E-state index is 11.4. The van der Waals surface area contributed by atoms with Crippen molar-refractivity contribution >= 4 is 33.2 Å². The number of hydrogen-bond acceptors (Lipinski definition) is 5. The lowest BCUT2D eigenvalue weighted by atomic mass is 10.3. The number of ether oxygens (including phenoxy) is 1. The van der Waals surface area contributed by atoms with Gasteiger partial charge < -0.3 is 9.15 Å². The maximum atomic E-state index is 11.4. The smallest absolute Gasteiger partial charge is 0.358 e. The van der Waals surface area contributed by atoms with E-state index in [1.807, 2.05) is 0 Å². The monoisotopic (exact) mass is 287 g/mol. The minimum atomic E-state index is -0.463. The Morgan fingerprint density at radius 3 is 3.07 bits per heavy atom. The number of furan rings is 1. The maximum Gasteiger partial charge on any atom is 0.358 e. The summed E-state index contributed by atoms with van der Waals surface area (Å²) in [5, 5.41) is 0. The average molecular weight is 288 g/mol. The molecule has 0 aliphatic heterocycles. The van der Waals surface area contributed by atoms with Crippen molar-refractivity contribution in [3.05, 3.63) is 28.0 Å². The van der Waals surface area contributed by atoms with Crippen LogP contribution in [0.15, 0.2) is 26.7 Å². The first-order chi connectivity index (χ1) is 7.24. The molecule has 4 nitrogen and oxygen atoms in total. The highest BCUT2D eigenvalue weighted by molar-refractivity contribution is 9.10. The van der Waals surface area contributed by atoms with Crippen molar-refractivity contribution < 1.29 is 13.9 Å². The summed E-state index contributed by atoms with van der Waals surface area (Å²) in [5.74, 6) is 0.132. The predicted molar refractivity (Wildman–Crippen MR) is 58.9 cm³/mol. The van der Waals surface area contributed by atoms with Crippen molar-refractivity contribution in [2.24, 2.45) is 0 Å². The number of methoxy groups -OCH3 is 1. The fraction of sp³-hybridized carbons (Fsp3) is 0.111. The Bertz CT molecular complexity index is 491. The third-order valence-corrected chi connectivity index (χ3v) is 3.22. The molecule has 2 rings (SSSR count). The quantitative estimate of drug-likeness (QED) is 0.797. The molecule has 0 aliphatic carbocycles. The number of esters is 1. The molecule has 0 amide bonds. The molecular formula is C9H6BrNO3S. The van der Waals surface area contributed by atoms with Crippen LogP contribution >= 0.6 is 27.3 Å². The molecule has 0 bridgehead atoms. The molecule has 0 saturated heterocycles. The van der Waals surface area contributed by atoms with Gasteiger partial charge in [-0.2, -0.15) is 0 Å². The molecule has 6 heteroatoms. The van der Waals surface area contributed by atoms with Gasteiger partial charge >= 0.3 is 5.97 Å². The van der Waals surface area contributed by atoms with Gasteiger partial charge in [-0.25, -0.2) is 9.78 Å². The first-order valence-corrected chi connectivity index (χ1v) is 5.66. The summed E-state index contributed by atoms with van der Waals surface area (Å²) < 4.78 is 10.7. The molecule has 0 radical (unpaired) electrons. The van der Waals surface area contributed by atoms with E-state index in [9.17, 15) is 4.79 Å². The van der Waals surface area contributed by atoms with Gasteiger partial charge in [0, 0.05) is 0 Å². The lowest BCUT2D eigenvalue weighted by molar-refractivity contribution is 0.0595. The Labute approximate surface area is 98.0 Å². The van der Waals surface area contributed by atoms with Crippen LogP contribution in [-0.4, -0.2) is 18.1 Å². The third-order valence-electron chi connectivity index (χ3n) is 1.77. The second-order valence-corrected chi connectivity index (χ2v) is 4.33. The molecule has 0 N–H and O–H groups in total. The second kappa shape index (κ2) is 4.16. The standard InChI is InChI=1S/C9H6BrNO3S/c1-13-9(12)6-8(15-4-11-6)7-5(10)2-3-14-7/h2-4H,1H3. The minimum Gasteiger partial charge on any atom is -0.464 e. The van der Waals surface area contributed by atoms with Crippen molar-refractivity contribution in [3.8, 4) is 10.6 Å². The Morgan fingerprint density at radius 1 is 1.67 bits per heavy atom. The van der Waals surface area contributed by atoms with E-state index in [1.165, 1.54) is 18.4 Å². The van der Waals surface area contributed by atoms with Crippen LogP contribution in [0.3, 0.4) is 0 Å². The molecule has 15 heavy (non-hydrogen) atoms. The average Bonchev–Trinajstić information content (AvgIpc) is 2.84. The molecule has 78 valence electrons. The van der Waals surface area contributed by atoms with E-state index < -0.39 is 5.97 Å². The molecule has 0 fully saturated rings. The zero-order valence-corrected chi connectivity index (χ0v) is 10.1. The molecule has 0 spiro atoms. The lowest BCUT2D eigenvalue weighted by Gasteiger charge is -1.97. The number of halogens is 1. The van der Waals surface area contributed by atoms with E-state index in [4.69, 9.17) is 4.42 Å². The Balaban J connectivity index is 2.50. The number of thiazole rings is 1. The predicted octanol–water partition coefficient (Wildman–Crippen LogP) is 2.95. The van der Waals surface area contributed by atoms with E-state index in [2.05, 4.69) is 25.7 Å². The van der Waals surface area contributed by atoms with Crippen LogP contribution in [-0.2, 0) is 4.74 Å². The van der Waals surface area contributed by atoms with Gasteiger partial charge in [0.25, 0.3) is 0 Å².